The van der Waals surface area contributed by atoms with Crippen LogP contribution in [0.5, 0.6) is 17.2 Å². The van der Waals surface area contributed by atoms with Gasteiger partial charge >= 0.3 is 0 Å². The van der Waals surface area contributed by atoms with Crippen molar-refractivity contribution in [2.75, 3.05) is 12.4 Å². The van der Waals surface area contributed by atoms with Crippen molar-refractivity contribution in [3.05, 3.63) is 82.4 Å². The Kier molecular flexibility index (Phi) is 7.16. The van der Waals surface area contributed by atoms with E-state index >= 15 is 0 Å². The van der Waals surface area contributed by atoms with Gasteiger partial charge in [0.25, 0.3) is 5.91 Å². The van der Waals surface area contributed by atoms with E-state index in [1.54, 1.807) is 48.5 Å². The van der Waals surface area contributed by atoms with Crippen molar-refractivity contribution in [1.82, 2.24) is 5.32 Å². The molecule has 0 fully saturated rings. The summed E-state index contributed by atoms with van der Waals surface area (Å²) in [6.45, 7) is 0. The number of thiocarbonyl (C=S) groups is 1. The smallest absolute Gasteiger partial charge is 0.263 e. The Hall–Kier alpha value is -3.37. The third kappa shape index (κ3) is 5.09. The molecular formula is C21H13ClF4N2O3S. The largest absolute Gasteiger partial charge is 0.491 e. The summed E-state index contributed by atoms with van der Waals surface area (Å²) in [5, 5.41) is 4.76. The first-order chi connectivity index (χ1) is 15.2. The Morgan fingerprint density at radius 1 is 0.875 bits per heavy atom. The molecule has 1 amide bonds. The summed E-state index contributed by atoms with van der Waals surface area (Å²) >= 11 is 10.7. The highest BCUT2D eigenvalue weighted by molar-refractivity contribution is 7.80. The molecule has 3 rings (SSSR count). The van der Waals surface area contributed by atoms with E-state index in [1.807, 2.05) is 5.32 Å². The van der Waals surface area contributed by atoms with Crippen LogP contribution in [-0.4, -0.2) is 18.1 Å². The Bertz CT molecular complexity index is 1150. The fraction of sp³-hybridized carbons (Fsp3) is 0.0476. The second-order valence-electron chi connectivity index (χ2n) is 6.15. The molecule has 0 spiro atoms. The van der Waals surface area contributed by atoms with Crippen LogP contribution in [0.4, 0.5) is 23.2 Å². The first kappa shape index (κ1) is 23.3. The summed E-state index contributed by atoms with van der Waals surface area (Å²) < 4.78 is 65.6. The van der Waals surface area contributed by atoms with Crippen LogP contribution in [0.1, 0.15) is 10.4 Å². The maximum Gasteiger partial charge on any atom is 0.263 e. The van der Waals surface area contributed by atoms with Gasteiger partial charge in [-0.2, -0.15) is 8.78 Å². The predicted molar refractivity (Wildman–Crippen MR) is 114 cm³/mol. The lowest BCUT2D eigenvalue weighted by Crippen LogP contribution is -2.35. The van der Waals surface area contributed by atoms with Gasteiger partial charge < -0.3 is 14.8 Å². The summed E-state index contributed by atoms with van der Waals surface area (Å²) in [4.78, 5) is 12.2. The SMILES string of the molecule is COc1c(F)c(F)c(C(=O)NC(=S)Nc2ccc(Oc3ccc(Cl)cc3)cc2)c(F)c1F. The quantitative estimate of drug-likeness (QED) is 0.271. The lowest BCUT2D eigenvalue weighted by molar-refractivity contribution is 0.0966. The van der Waals surface area contributed by atoms with E-state index in [9.17, 15) is 22.4 Å². The molecule has 0 aliphatic rings. The molecule has 0 aromatic heterocycles. The van der Waals surface area contributed by atoms with Crippen molar-refractivity contribution < 1.29 is 31.8 Å². The van der Waals surface area contributed by atoms with Gasteiger partial charge in [0.1, 0.15) is 17.1 Å². The molecule has 0 bridgehead atoms. The molecule has 166 valence electrons. The summed E-state index contributed by atoms with van der Waals surface area (Å²) in [5.41, 5.74) is -1.08. The molecule has 0 unspecified atom stereocenters. The van der Waals surface area contributed by atoms with E-state index in [-0.39, 0.29) is 5.11 Å². The maximum absolute atomic E-state index is 14.1. The average molecular weight is 485 g/mol. The third-order valence-electron chi connectivity index (χ3n) is 4.04. The van der Waals surface area contributed by atoms with Crippen LogP contribution in [0.3, 0.4) is 0 Å². The number of halogens is 5. The number of carbonyl (C=O) groups excluding carboxylic acids is 1. The van der Waals surface area contributed by atoms with Crippen molar-refractivity contribution >= 4 is 40.5 Å². The first-order valence-electron chi connectivity index (χ1n) is 8.77. The van der Waals surface area contributed by atoms with Gasteiger partial charge in [0.05, 0.1) is 7.11 Å². The highest BCUT2D eigenvalue weighted by Gasteiger charge is 2.30. The number of hydrogen-bond acceptors (Lipinski definition) is 4. The van der Waals surface area contributed by atoms with Crippen LogP contribution < -0.4 is 20.1 Å². The zero-order valence-corrected chi connectivity index (χ0v) is 17.7. The second-order valence-corrected chi connectivity index (χ2v) is 7.00. The molecule has 11 heteroatoms. The van der Waals surface area contributed by atoms with E-state index in [0.717, 1.165) is 7.11 Å². The van der Waals surface area contributed by atoms with Crippen LogP contribution in [-0.2, 0) is 0 Å². The minimum Gasteiger partial charge on any atom is -0.491 e. The van der Waals surface area contributed by atoms with Crippen LogP contribution in [0.25, 0.3) is 0 Å². The lowest BCUT2D eigenvalue weighted by Gasteiger charge is -2.13. The number of benzene rings is 3. The van der Waals surface area contributed by atoms with E-state index in [0.29, 0.717) is 22.2 Å². The molecule has 2 N–H and O–H groups in total. The van der Waals surface area contributed by atoms with E-state index < -0.39 is 40.5 Å². The Morgan fingerprint density at radius 2 is 1.38 bits per heavy atom. The summed E-state index contributed by atoms with van der Waals surface area (Å²) in [6, 6.07) is 13.0. The highest BCUT2D eigenvalue weighted by atomic mass is 35.5. The van der Waals surface area contributed by atoms with Gasteiger partial charge in [-0.3, -0.25) is 10.1 Å². The number of anilines is 1. The molecule has 0 radical (unpaired) electrons. The fourth-order valence-electron chi connectivity index (χ4n) is 2.56. The molecular weight excluding hydrogens is 472 g/mol. The van der Waals surface area contributed by atoms with Gasteiger partial charge in [-0.1, -0.05) is 11.6 Å². The van der Waals surface area contributed by atoms with Gasteiger partial charge in [0.2, 0.25) is 11.6 Å². The molecule has 0 aliphatic carbocycles. The molecule has 3 aromatic rings. The van der Waals surface area contributed by atoms with E-state index in [1.165, 1.54) is 0 Å². The van der Waals surface area contributed by atoms with Crippen molar-refractivity contribution in [2.24, 2.45) is 0 Å². The molecule has 0 atom stereocenters. The Morgan fingerprint density at radius 3 is 1.88 bits per heavy atom. The van der Waals surface area contributed by atoms with Gasteiger partial charge in [-0.15, -0.1) is 0 Å². The topological polar surface area (TPSA) is 59.6 Å². The van der Waals surface area contributed by atoms with Crippen molar-refractivity contribution in [1.29, 1.82) is 0 Å². The van der Waals surface area contributed by atoms with Crippen LogP contribution in [0.2, 0.25) is 5.02 Å². The Balaban J connectivity index is 1.67. The number of nitrogens with one attached hydrogen (secondary N) is 2. The molecule has 3 aromatic carbocycles. The van der Waals surface area contributed by atoms with Crippen LogP contribution in [0.15, 0.2) is 48.5 Å². The zero-order chi connectivity index (χ0) is 23.4. The summed E-state index contributed by atoms with van der Waals surface area (Å²) in [7, 11) is 0.824. The predicted octanol–water partition coefficient (Wildman–Crippen LogP) is 5.82. The third-order valence-corrected chi connectivity index (χ3v) is 4.50. The standard InChI is InChI=1S/C21H13ClF4N2O3S/c1-30-19-17(25)15(23)14(16(24)18(19)26)20(29)28-21(32)27-11-4-8-13(9-5-11)31-12-6-2-10(22)3-7-12/h2-9H,1H3,(H2,27,28,29,32). The molecule has 32 heavy (non-hydrogen) atoms. The second kappa shape index (κ2) is 9.84. The van der Waals surface area contributed by atoms with Gasteiger partial charge in [0.15, 0.2) is 22.5 Å². The number of amides is 1. The number of rotatable bonds is 5. The molecule has 0 aliphatic heterocycles. The summed E-state index contributed by atoms with van der Waals surface area (Å²) in [6.07, 6.45) is 0. The number of methoxy groups -OCH3 is 1. The van der Waals surface area contributed by atoms with Gasteiger partial charge in [-0.05, 0) is 60.7 Å². The van der Waals surface area contributed by atoms with E-state index in [4.69, 9.17) is 28.6 Å². The monoisotopic (exact) mass is 484 g/mol. The molecule has 0 heterocycles. The molecule has 5 nitrogen and oxygen atoms in total. The number of ether oxygens (including phenoxy) is 2. The van der Waals surface area contributed by atoms with E-state index in [2.05, 4.69) is 10.1 Å². The molecule has 0 saturated heterocycles. The van der Waals surface area contributed by atoms with Gasteiger partial charge in [0, 0.05) is 10.7 Å². The average Bonchev–Trinajstić information content (AvgIpc) is 2.76. The summed E-state index contributed by atoms with van der Waals surface area (Å²) in [5.74, 6) is -9.23. The van der Waals surface area contributed by atoms with Crippen LogP contribution >= 0.6 is 23.8 Å². The first-order valence-corrected chi connectivity index (χ1v) is 9.55. The number of hydrogen-bond donors (Lipinski definition) is 2. The minimum absolute atomic E-state index is 0.364. The van der Waals surface area contributed by atoms with Crippen LogP contribution in [0, 0.1) is 23.3 Å². The van der Waals surface area contributed by atoms with Crippen molar-refractivity contribution in [3.8, 4) is 17.2 Å². The van der Waals surface area contributed by atoms with Crippen molar-refractivity contribution in [3.63, 3.8) is 0 Å². The fourth-order valence-corrected chi connectivity index (χ4v) is 2.90. The van der Waals surface area contributed by atoms with Gasteiger partial charge in [-0.25, -0.2) is 8.78 Å². The lowest BCUT2D eigenvalue weighted by atomic mass is 10.1. The number of carbonyl (C=O) groups is 1. The highest BCUT2D eigenvalue weighted by Crippen LogP contribution is 2.30. The van der Waals surface area contributed by atoms with Crippen molar-refractivity contribution in [2.45, 2.75) is 0 Å². The minimum atomic E-state index is -1.91. The Labute approximate surface area is 189 Å². The maximum atomic E-state index is 14.1. The normalized spacial score (nSPS) is 10.4. The zero-order valence-electron chi connectivity index (χ0n) is 16.1. The molecule has 0 saturated carbocycles.